The molecule has 1 aliphatic heterocycles. The van der Waals surface area contributed by atoms with E-state index in [4.69, 9.17) is 4.74 Å². The first-order valence-electron chi connectivity index (χ1n) is 7.53. The summed E-state index contributed by atoms with van der Waals surface area (Å²) in [4.78, 5) is 13.6. The Balaban J connectivity index is 1.97. The summed E-state index contributed by atoms with van der Waals surface area (Å²) in [5.74, 6) is 0. The number of hydrazone groups is 1. The molecule has 1 N–H and O–H groups in total. The van der Waals surface area contributed by atoms with Crippen LogP contribution in [0.1, 0.15) is 38.7 Å². The number of ether oxygens (including phenoxy) is 1. The van der Waals surface area contributed by atoms with Gasteiger partial charge < -0.3 is 9.64 Å². The van der Waals surface area contributed by atoms with Gasteiger partial charge in [0.05, 0.1) is 12.3 Å². The van der Waals surface area contributed by atoms with E-state index in [9.17, 15) is 4.79 Å². The third-order valence-electron chi connectivity index (χ3n) is 3.60. The van der Waals surface area contributed by atoms with Crippen LogP contribution in [0.15, 0.2) is 29.4 Å². The van der Waals surface area contributed by atoms with Crippen LogP contribution in [0.3, 0.4) is 0 Å². The van der Waals surface area contributed by atoms with Crippen LogP contribution in [0, 0.1) is 0 Å². The smallest absolute Gasteiger partial charge is 0.427 e. The van der Waals surface area contributed by atoms with Gasteiger partial charge in [-0.3, -0.25) is 0 Å². The second kappa shape index (κ2) is 7.67. The lowest BCUT2D eigenvalue weighted by atomic mass is 10.1. The first kappa shape index (κ1) is 15.4. The second-order valence-electron chi connectivity index (χ2n) is 5.12. The van der Waals surface area contributed by atoms with E-state index in [0.717, 1.165) is 24.4 Å². The summed E-state index contributed by atoms with van der Waals surface area (Å²) in [5.41, 5.74) is 5.38. The lowest BCUT2D eigenvalue weighted by Gasteiger charge is -2.28. The number of piperidine rings is 1. The molecule has 1 fully saturated rings. The van der Waals surface area contributed by atoms with E-state index < -0.39 is 6.09 Å². The van der Waals surface area contributed by atoms with Crippen molar-refractivity contribution in [3.05, 3.63) is 29.8 Å². The minimum atomic E-state index is -0.526. The fourth-order valence-electron chi connectivity index (χ4n) is 2.42. The number of hydrogen-bond donors (Lipinski definition) is 1. The zero-order valence-corrected chi connectivity index (χ0v) is 12.8. The minimum Gasteiger partial charge on any atom is -0.449 e. The van der Waals surface area contributed by atoms with Gasteiger partial charge in [-0.05, 0) is 50.8 Å². The average Bonchev–Trinajstić information content (AvgIpc) is 2.54. The Morgan fingerprint density at radius 3 is 2.52 bits per heavy atom. The molecule has 5 nitrogen and oxygen atoms in total. The molecule has 1 amide bonds. The largest absolute Gasteiger partial charge is 0.449 e. The number of rotatable bonds is 4. The molecule has 0 radical (unpaired) electrons. The summed E-state index contributed by atoms with van der Waals surface area (Å²) in [6.07, 6.45) is 3.35. The van der Waals surface area contributed by atoms with Gasteiger partial charge in [-0.15, -0.1) is 0 Å². The Hall–Kier alpha value is -2.04. The lowest BCUT2D eigenvalue weighted by Crippen LogP contribution is -2.29. The molecular formula is C16H23N3O2. The molecule has 0 spiro atoms. The first-order valence-corrected chi connectivity index (χ1v) is 7.53. The number of nitrogens with zero attached hydrogens (tertiary/aromatic N) is 2. The third kappa shape index (κ3) is 4.48. The Morgan fingerprint density at radius 1 is 1.24 bits per heavy atom. The Kier molecular flexibility index (Phi) is 5.60. The SMILES string of the molecule is CCOC(=O)NN=C(C)c1ccc(N2CCCCC2)cc1. The Morgan fingerprint density at radius 2 is 1.90 bits per heavy atom. The van der Waals surface area contributed by atoms with Crippen LogP contribution in [0.4, 0.5) is 10.5 Å². The maximum absolute atomic E-state index is 11.2. The number of benzene rings is 1. The summed E-state index contributed by atoms with van der Waals surface area (Å²) >= 11 is 0. The average molecular weight is 289 g/mol. The van der Waals surface area contributed by atoms with Gasteiger partial charge >= 0.3 is 6.09 Å². The summed E-state index contributed by atoms with van der Waals surface area (Å²) in [5, 5.41) is 4.03. The molecule has 2 rings (SSSR count). The van der Waals surface area contributed by atoms with E-state index in [2.05, 4.69) is 27.6 Å². The van der Waals surface area contributed by atoms with Crippen molar-refractivity contribution < 1.29 is 9.53 Å². The normalized spacial score (nSPS) is 15.7. The molecule has 0 atom stereocenters. The topological polar surface area (TPSA) is 53.9 Å². The summed E-state index contributed by atoms with van der Waals surface area (Å²) in [6.45, 7) is 6.23. The first-order chi connectivity index (χ1) is 10.2. The second-order valence-corrected chi connectivity index (χ2v) is 5.12. The molecule has 1 heterocycles. The number of nitrogens with one attached hydrogen (secondary N) is 1. The fourth-order valence-corrected chi connectivity index (χ4v) is 2.42. The summed E-state index contributed by atoms with van der Waals surface area (Å²) in [7, 11) is 0. The maximum atomic E-state index is 11.2. The lowest BCUT2D eigenvalue weighted by molar-refractivity contribution is 0.152. The van der Waals surface area contributed by atoms with Gasteiger partial charge in [-0.25, -0.2) is 10.2 Å². The van der Waals surface area contributed by atoms with Crippen molar-refractivity contribution in [3.8, 4) is 0 Å². The van der Waals surface area contributed by atoms with E-state index in [1.54, 1.807) is 6.92 Å². The molecule has 5 heteroatoms. The summed E-state index contributed by atoms with van der Waals surface area (Å²) in [6, 6.07) is 8.30. The van der Waals surface area contributed by atoms with Gasteiger partial charge in [-0.2, -0.15) is 5.10 Å². The molecule has 1 saturated heterocycles. The van der Waals surface area contributed by atoms with Crippen LogP contribution >= 0.6 is 0 Å². The molecule has 0 unspecified atom stereocenters. The minimum absolute atomic E-state index is 0.338. The predicted molar refractivity (Wildman–Crippen MR) is 84.9 cm³/mol. The molecular weight excluding hydrogens is 266 g/mol. The van der Waals surface area contributed by atoms with E-state index in [1.165, 1.54) is 24.9 Å². The molecule has 21 heavy (non-hydrogen) atoms. The van der Waals surface area contributed by atoms with Crippen molar-refractivity contribution in [2.24, 2.45) is 5.10 Å². The van der Waals surface area contributed by atoms with Gasteiger partial charge in [0.1, 0.15) is 0 Å². The number of anilines is 1. The van der Waals surface area contributed by atoms with E-state index in [1.807, 2.05) is 19.1 Å². The Bertz CT molecular complexity index is 491. The van der Waals surface area contributed by atoms with Crippen molar-refractivity contribution in [2.75, 3.05) is 24.6 Å². The van der Waals surface area contributed by atoms with Gasteiger partial charge in [0.2, 0.25) is 0 Å². The zero-order valence-electron chi connectivity index (χ0n) is 12.8. The third-order valence-corrected chi connectivity index (χ3v) is 3.60. The maximum Gasteiger partial charge on any atom is 0.427 e. The zero-order chi connectivity index (χ0) is 15.1. The molecule has 1 aromatic rings. The van der Waals surface area contributed by atoms with Gasteiger partial charge in [0, 0.05) is 18.8 Å². The van der Waals surface area contributed by atoms with Crippen LogP contribution in [-0.4, -0.2) is 31.5 Å². The van der Waals surface area contributed by atoms with Crippen LogP contribution in [0.25, 0.3) is 0 Å². The van der Waals surface area contributed by atoms with Crippen LogP contribution in [0.2, 0.25) is 0 Å². The Labute approximate surface area is 126 Å². The number of carbonyl (C=O) groups is 1. The summed E-state index contributed by atoms with van der Waals surface area (Å²) < 4.78 is 4.76. The highest BCUT2D eigenvalue weighted by atomic mass is 16.5. The van der Waals surface area contributed by atoms with Gasteiger partial charge in [0.15, 0.2) is 0 Å². The number of amides is 1. The van der Waals surface area contributed by atoms with Crippen molar-refractivity contribution in [1.29, 1.82) is 0 Å². The van der Waals surface area contributed by atoms with E-state index in [0.29, 0.717) is 6.61 Å². The standard InChI is InChI=1S/C16H23N3O2/c1-3-21-16(20)18-17-13(2)14-7-9-15(10-8-14)19-11-5-4-6-12-19/h7-10H,3-6,11-12H2,1-2H3,(H,18,20). The highest BCUT2D eigenvalue weighted by Gasteiger charge is 2.10. The molecule has 0 aliphatic carbocycles. The van der Waals surface area contributed by atoms with E-state index in [-0.39, 0.29) is 0 Å². The van der Waals surface area contributed by atoms with Gasteiger partial charge in [0.25, 0.3) is 0 Å². The fraction of sp³-hybridized carbons (Fsp3) is 0.500. The highest BCUT2D eigenvalue weighted by molar-refractivity contribution is 5.99. The number of hydrogen-bond acceptors (Lipinski definition) is 4. The van der Waals surface area contributed by atoms with Crippen LogP contribution in [-0.2, 0) is 4.74 Å². The van der Waals surface area contributed by atoms with Crippen molar-refractivity contribution in [1.82, 2.24) is 5.43 Å². The monoisotopic (exact) mass is 289 g/mol. The highest BCUT2D eigenvalue weighted by Crippen LogP contribution is 2.20. The molecule has 0 aromatic heterocycles. The van der Waals surface area contributed by atoms with Crippen LogP contribution in [0.5, 0.6) is 0 Å². The molecule has 1 aliphatic rings. The molecule has 114 valence electrons. The predicted octanol–water partition coefficient (Wildman–Crippen LogP) is 3.15. The van der Waals surface area contributed by atoms with Crippen molar-refractivity contribution >= 4 is 17.5 Å². The van der Waals surface area contributed by atoms with Crippen molar-refractivity contribution in [3.63, 3.8) is 0 Å². The molecule has 0 bridgehead atoms. The number of carbonyl (C=O) groups excluding carboxylic acids is 1. The van der Waals surface area contributed by atoms with Crippen molar-refractivity contribution in [2.45, 2.75) is 33.1 Å². The van der Waals surface area contributed by atoms with Crippen LogP contribution < -0.4 is 10.3 Å². The quantitative estimate of drug-likeness (QED) is 0.684. The van der Waals surface area contributed by atoms with E-state index >= 15 is 0 Å². The molecule has 1 aromatic carbocycles. The van der Waals surface area contributed by atoms with Gasteiger partial charge in [-0.1, -0.05) is 12.1 Å². The molecule has 0 saturated carbocycles.